The van der Waals surface area contributed by atoms with Crippen LogP contribution in [0.3, 0.4) is 0 Å². The van der Waals surface area contributed by atoms with Crippen molar-refractivity contribution in [1.29, 1.82) is 0 Å². The van der Waals surface area contributed by atoms with Gasteiger partial charge in [0.2, 0.25) is 0 Å². The zero-order valence-electron chi connectivity index (χ0n) is 10.9. The van der Waals surface area contributed by atoms with E-state index in [9.17, 15) is 4.79 Å². The standard InChI is InChI=1S/C14H15NO3S/c1-10-8-18-14(15-10)19-9-12-6-4-3-5-11(12)7-13(16)17-2/h3-6,8H,7,9H2,1-2H3. The zero-order chi connectivity index (χ0) is 13.7. The fraction of sp³-hybridized carbons (Fsp3) is 0.286. The largest absolute Gasteiger partial charge is 0.469 e. The number of oxazole rings is 1. The van der Waals surface area contributed by atoms with E-state index in [1.54, 1.807) is 6.26 Å². The first-order valence-electron chi connectivity index (χ1n) is 5.87. The Morgan fingerprint density at radius 2 is 2.11 bits per heavy atom. The van der Waals surface area contributed by atoms with E-state index in [0.717, 1.165) is 16.8 Å². The second-order valence-corrected chi connectivity index (χ2v) is 4.99. The van der Waals surface area contributed by atoms with Gasteiger partial charge in [0.15, 0.2) is 0 Å². The summed E-state index contributed by atoms with van der Waals surface area (Å²) in [5.74, 6) is 0.483. The van der Waals surface area contributed by atoms with E-state index in [2.05, 4.69) is 4.98 Å². The number of rotatable bonds is 5. The number of thioether (sulfide) groups is 1. The normalized spacial score (nSPS) is 10.4. The lowest BCUT2D eigenvalue weighted by Gasteiger charge is -2.07. The van der Waals surface area contributed by atoms with Crippen molar-refractivity contribution in [3.05, 3.63) is 47.3 Å². The molecule has 100 valence electrons. The molecule has 19 heavy (non-hydrogen) atoms. The van der Waals surface area contributed by atoms with E-state index in [-0.39, 0.29) is 12.4 Å². The van der Waals surface area contributed by atoms with Crippen molar-refractivity contribution in [2.75, 3.05) is 7.11 Å². The van der Waals surface area contributed by atoms with E-state index >= 15 is 0 Å². The second kappa shape index (κ2) is 6.43. The SMILES string of the molecule is COC(=O)Cc1ccccc1CSc1nc(C)co1. The number of esters is 1. The molecule has 1 heterocycles. The number of carbonyl (C=O) groups is 1. The van der Waals surface area contributed by atoms with E-state index in [0.29, 0.717) is 11.0 Å². The van der Waals surface area contributed by atoms with Gasteiger partial charge < -0.3 is 9.15 Å². The van der Waals surface area contributed by atoms with Crippen LogP contribution < -0.4 is 0 Å². The molecule has 0 aliphatic heterocycles. The Morgan fingerprint density at radius 3 is 2.74 bits per heavy atom. The van der Waals surface area contributed by atoms with Crippen LogP contribution in [-0.2, 0) is 21.7 Å². The van der Waals surface area contributed by atoms with Crippen LogP contribution in [0.25, 0.3) is 0 Å². The number of ether oxygens (including phenoxy) is 1. The van der Waals surface area contributed by atoms with Gasteiger partial charge in [-0.25, -0.2) is 4.98 Å². The Labute approximate surface area is 116 Å². The van der Waals surface area contributed by atoms with Crippen molar-refractivity contribution in [2.45, 2.75) is 24.3 Å². The van der Waals surface area contributed by atoms with Crippen LogP contribution in [-0.4, -0.2) is 18.1 Å². The maximum atomic E-state index is 11.4. The summed E-state index contributed by atoms with van der Waals surface area (Å²) in [6.45, 7) is 1.89. The van der Waals surface area contributed by atoms with Crippen LogP contribution in [0.15, 0.2) is 40.2 Å². The topological polar surface area (TPSA) is 52.3 Å². The summed E-state index contributed by atoms with van der Waals surface area (Å²) in [5, 5.41) is 0.644. The summed E-state index contributed by atoms with van der Waals surface area (Å²) >= 11 is 1.51. The van der Waals surface area contributed by atoms with Crippen LogP contribution in [0.4, 0.5) is 0 Å². The van der Waals surface area contributed by atoms with Crippen LogP contribution >= 0.6 is 11.8 Å². The number of hydrogen-bond acceptors (Lipinski definition) is 5. The Kier molecular flexibility index (Phi) is 4.63. The third-order valence-corrected chi connectivity index (χ3v) is 3.52. The molecule has 2 rings (SSSR count). The first-order chi connectivity index (χ1) is 9.19. The smallest absolute Gasteiger partial charge is 0.309 e. The van der Waals surface area contributed by atoms with E-state index in [4.69, 9.17) is 9.15 Å². The van der Waals surface area contributed by atoms with E-state index < -0.39 is 0 Å². The van der Waals surface area contributed by atoms with Crippen molar-refractivity contribution >= 4 is 17.7 Å². The Balaban J connectivity index is 2.05. The maximum Gasteiger partial charge on any atom is 0.309 e. The highest BCUT2D eigenvalue weighted by Crippen LogP contribution is 2.24. The second-order valence-electron chi connectivity index (χ2n) is 4.07. The molecule has 0 saturated carbocycles. The molecule has 0 fully saturated rings. The number of aromatic nitrogens is 1. The molecule has 2 aromatic rings. The zero-order valence-corrected chi connectivity index (χ0v) is 11.7. The fourth-order valence-electron chi connectivity index (χ4n) is 1.64. The molecule has 5 heteroatoms. The van der Waals surface area contributed by atoms with Crippen molar-refractivity contribution < 1.29 is 13.9 Å². The summed E-state index contributed by atoms with van der Waals surface area (Å²) in [5.41, 5.74) is 2.93. The lowest BCUT2D eigenvalue weighted by molar-refractivity contribution is -0.139. The monoisotopic (exact) mass is 277 g/mol. The molecule has 0 spiro atoms. The minimum Gasteiger partial charge on any atom is -0.469 e. The predicted molar refractivity (Wildman–Crippen MR) is 73.0 cm³/mol. The summed E-state index contributed by atoms with van der Waals surface area (Å²) in [4.78, 5) is 15.6. The van der Waals surface area contributed by atoms with Gasteiger partial charge in [-0.1, -0.05) is 36.0 Å². The lowest BCUT2D eigenvalue weighted by atomic mass is 10.1. The van der Waals surface area contributed by atoms with Crippen molar-refractivity contribution in [1.82, 2.24) is 4.98 Å². The fourth-order valence-corrected chi connectivity index (χ4v) is 2.52. The number of methoxy groups -OCH3 is 1. The number of carbonyl (C=O) groups excluding carboxylic acids is 1. The third-order valence-electron chi connectivity index (χ3n) is 2.63. The summed E-state index contributed by atoms with van der Waals surface area (Å²) in [6, 6.07) is 7.81. The molecule has 0 saturated heterocycles. The molecule has 1 aromatic heterocycles. The van der Waals surface area contributed by atoms with Gasteiger partial charge >= 0.3 is 5.97 Å². The number of hydrogen-bond donors (Lipinski definition) is 0. The molecule has 0 bridgehead atoms. The summed E-state index contributed by atoms with van der Waals surface area (Å²) < 4.78 is 9.99. The molecular weight excluding hydrogens is 262 g/mol. The maximum absolute atomic E-state index is 11.4. The van der Waals surface area contributed by atoms with Crippen molar-refractivity contribution in [3.63, 3.8) is 0 Å². The van der Waals surface area contributed by atoms with Gasteiger partial charge in [0.1, 0.15) is 6.26 Å². The van der Waals surface area contributed by atoms with Gasteiger partial charge in [0.25, 0.3) is 5.22 Å². The lowest BCUT2D eigenvalue weighted by Crippen LogP contribution is -2.06. The van der Waals surface area contributed by atoms with E-state index in [1.807, 2.05) is 31.2 Å². The molecule has 1 aromatic carbocycles. The van der Waals surface area contributed by atoms with Crippen LogP contribution in [0.5, 0.6) is 0 Å². The van der Waals surface area contributed by atoms with Gasteiger partial charge in [-0.2, -0.15) is 0 Å². The highest BCUT2D eigenvalue weighted by Gasteiger charge is 2.09. The third kappa shape index (κ3) is 3.86. The quantitative estimate of drug-likeness (QED) is 0.621. The predicted octanol–water partition coefficient (Wildman–Crippen LogP) is 2.99. The average Bonchev–Trinajstić information content (AvgIpc) is 2.83. The van der Waals surface area contributed by atoms with Crippen LogP contribution in [0.1, 0.15) is 16.8 Å². The van der Waals surface area contributed by atoms with Gasteiger partial charge in [-0.3, -0.25) is 4.79 Å². The summed E-state index contributed by atoms with van der Waals surface area (Å²) in [7, 11) is 1.40. The number of aryl methyl sites for hydroxylation is 1. The van der Waals surface area contributed by atoms with Crippen molar-refractivity contribution in [3.8, 4) is 0 Å². The summed E-state index contributed by atoms with van der Waals surface area (Å²) in [6.07, 6.45) is 1.92. The first-order valence-corrected chi connectivity index (χ1v) is 6.86. The van der Waals surface area contributed by atoms with Gasteiger partial charge in [-0.05, 0) is 18.1 Å². The molecule has 0 aliphatic carbocycles. The first kappa shape index (κ1) is 13.7. The Hall–Kier alpha value is -1.75. The highest BCUT2D eigenvalue weighted by molar-refractivity contribution is 7.98. The highest BCUT2D eigenvalue weighted by atomic mass is 32.2. The molecule has 0 atom stereocenters. The van der Waals surface area contributed by atoms with Gasteiger partial charge in [-0.15, -0.1) is 0 Å². The molecule has 0 aliphatic rings. The van der Waals surface area contributed by atoms with Crippen LogP contribution in [0.2, 0.25) is 0 Å². The molecule has 0 N–H and O–H groups in total. The minimum absolute atomic E-state index is 0.232. The average molecular weight is 277 g/mol. The molecule has 0 unspecified atom stereocenters. The Morgan fingerprint density at radius 1 is 1.37 bits per heavy atom. The van der Waals surface area contributed by atoms with Gasteiger partial charge in [0.05, 0.1) is 19.2 Å². The van der Waals surface area contributed by atoms with Crippen molar-refractivity contribution in [2.24, 2.45) is 0 Å². The molecule has 4 nitrogen and oxygen atoms in total. The number of nitrogens with zero attached hydrogens (tertiary/aromatic N) is 1. The number of benzene rings is 1. The molecular formula is C14H15NO3S. The molecule has 0 amide bonds. The van der Waals surface area contributed by atoms with Crippen LogP contribution in [0, 0.1) is 6.92 Å². The molecule has 0 radical (unpaired) electrons. The van der Waals surface area contributed by atoms with E-state index in [1.165, 1.54) is 18.9 Å². The Bertz CT molecular complexity index is 565. The van der Waals surface area contributed by atoms with Gasteiger partial charge in [0, 0.05) is 5.75 Å². The minimum atomic E-state index is -0.232.